The molecule has 0 saturated heterocycles. The Bertz CT molecular complexity index is 1060. The van der Waals surface area contributed by atoms with E-state index in [9.17, 15) is 0 Å². The molecule has 4 rings (SSSR count). The maximum Gasteiger partial charge on any atom is 0.194 e. The van der Waals surface area contributed by atoms with Crippen LogP contribution in [-0.4, -0.2) is 48.1 Å². The summed E-state index contributed by atoms with van der Waals surface area (Å²) in [5.41, 5.74) is 5.65. The fourth-order valence-corrected chi connectivity index (χ4v) is 3.85. The summed E-state index contributed by atoms with van der Waals surface area (Å²) in [6.45, 7) is 4.38. The van der Waals surface area contributed by atoms with Crippen LogP contribution in [0, 0.1) is 6.92 Å². The number of imidazole rings is 1. The Balaban J connectivity index is 0.00000256. The molecule has 0 unspecified atom stereocenters. The number of ether oxygens (including phenoxy) is 2. The first-order valence-corrected chi connectivity index (χ1v) is 9.76. The standard InChI is InChI=1S/C22H27N5O2.HI/c1-15-6-5-7-21-25-18(14-27(15)21)12-24-22(23-2)26-9-8-16-10-19(28-3)20(29-4)11-17(16)13-26;/h5-7,10-11,14H,8-9,12-13H2,1-4H3,(H,23,24);1H. The largest absolute Gasteiger partial charge is 0.493 e. The van der Waals surface area contributed by atoms with Crippen molar-refractivity contribution in [2.24, 2.45) is 4.99 Å². The van der Waals surface area contributed by atoms with E-state index in [0.29, 0.717) is 6.54 Å². The van der Waals surface area contributed by atoms with Gasteiger partial charge in [0.05, 0.1) is 26.5 Å². The molecule has 0 atom stereocenters. The van der Waals surface area contributed by atoms with E-state index in [0.717, 1.165) is 48.3 Å². The predicted molar refractivity (Wildman–Crippen MR) is 129 cm³/mol. The molecule has 8 heteroatoms. The second kappa shape index (κ2) is 9.55. The number of nitrogens with zero attached hydrogens (tertiary/aromatic N) is 4. The minimum Gasteiger partial charge on any atom is -0.493 e. The van der Waals surface area contributed by atoms with Gasteiger partial charge in [0.15, 0.2) is 17.5 Å². The summed E-state index contributed by atoms with van der Waals surface area (Å²) in [5, 5.41) is 3.46. The highest BCUT2D eigenvalue weighted by Crippen LogP contribution is 2.33. The van der Waals surface area contributed by atoms with Gasteiger partial charge in [-0.3, -0.25) is 4.99 Å². The van der Waals surface area contributed by atoms with E-state index in [2.05, 4.69) is 50.9 Å². The third-order valence-corrected chi connectivity index (χ3v) is 5.40. The van der Waals surface area contributed by atoms with Crippen LogP contribution in [0.15, 0.2) is 41.5 Å². The molecular weight excluding hydrogens is 493 g/mol. The Hall–Kier alpha value is -2.49. The maximum absolute atomic E-state index is 5.47. The molecule has 30 heavy (non-hydrogen) atoms. The van der Waals surface area contributed by atoms with Gasteiger partial charge in [-0.15, -0.1) is 24.0 Å². The molecule has 0 bridgehead atoms. The van der Waals surface area contributed by atoms with Gasteiger partial charge in [-0.1, -0.05) is 6.07 Å². The molecule has 1 aliphatic heterocycles. The molecule has 0 amide bonds. The van der Waals surface area contributed by atoms with Crippen molar-refractivity contribution in [1.82, 2.24) is 19.6 Å². The number of hydrogen-bond acceptors (Lipinski definition) is 4. The third-order valence-electron chi connectivity index (χ3n) is 5.40. The van der Waals surface area contributed by atoms with E-state index < -0.39 is 0 Å². The molecule has 1 N–H and O–H groups in total. The van der Waals surface area contributed by atoms with Crippen molar-refractivity contribution >= 4 is 35.6 Å². The fourth-order valence-electron chi connectivity index (χ4n) is 3.85. The van der Waals surface area contributed by atoms with Gasteiger partial charge in [-0.25, -0.2) is 4.98 Å². The highest BCUT2D eigenvalue weighted by atomic mass is 127. The number of pyridine rings is 1. The summed E-state index contributed by atoms with van der Waals surface area (Å²) in [4.78, 5) is 11.4. The first-order chi connectivity index (χ1) is 14.1. The molecule has 0 fully saturated rings. The zero-order valence-electron chi connectivity index (χ0n) is 17.8. The Morgan fingerprint density at radius 1 is 1.17 bits per heavy atom. The van der Waals surface area contributed by atoms with E-state index in [1.165, 1.54) is 16.8 Å². The second-order valence-electron chi connectivity index (χ2n) is 7.18. The number of benzene rings is 1. The number of rotatable bonds is 4. The van der Waals surface area contributed by atoms with Crippen LogP contribution >= 0.6 is 24.0 Å². The minimum atomic E-state index is 0. The quantitative estimate of drug-likeness (QED) is 0.324. The Morgan fingerprint density at radius 2 is 1.90 bits per heavy atom. The zero-order chi connectivity index (χ0) is 20.4. The van der Waals surface area contributed by atoms with Crippen molar-refractivity contribution < 1.29 is 9.47 Å². The summed E-state index contributed by atoms with van der Waals surface area (Å²) in [6.07, 6.45) is 3.01. The van der Waals surface area contributed by atoms with Gasteiger partial charge < -0.3 is 24.1 Å². The monoisotopic (exact) mass is 521 g/mol. The van der Waals surface area contributed by atoms with E-state index in [1.54, 1.807) is 14.2 Å². The molecule has 3 aromatic rings. The third kappa shape index (κ3) is 4.33. The summed E-state index contributed by atoms with van der Waals surface area (Å²) in [6, 6.07) is 10.3. The van der Waals surface area contributed by atoms with Gasteiger partial charge in [0.1, 0.15) is 5.65 Å². The summed E-state index contributed by atoms with van der Waals surface area (Å²) in [5.74, 6) is 2.42. The normalized spacial score (nSPS) is 13.6. The van der Waals surface area contributed by atoms with Gasteiger partial charge in [0.2, 0.25) is 0 Å². The Morgan fingerprint density at radius 3 is 2.57 bits per heavy atom. The molecule has 160 valence electrons. The summed E-state index contributed by atoms with van der Waals surface area (Å²) in [7, 11) is 5.16. The fraction of sp³-hybridized carbons (Fsp3) is 0.364. The first kappa shape index (κ1) is 22.2. The Labute approximate surface area is 194 Å². The number of guanidine groups is 1. The molecule has 0 spiro atoms. The molecule has 0 saturated carbocycles. The van der Waals surface area contributed by atoms with Crippen molar-refractivity contribution in [3.63, 3.8) is 0 Å². The van der Waals surface area contributed by atoms with E-state index >= 15 is 0 Å². The van der Waals surface area contributed by atoms with Crippen LogP contribution in [0.25, 0.3) is 5.65 Å². The van der Waals surface area contributed by atoms with Crippen molar-refractivity contribution in [2.45, 2.75) is 26.4 Å². The van der Waals surface area contributed by atoms with Gasteiger partial charge in [-0.05, 0) is 48.7 Å². The van der Waals surface area contributed by atoms with E-state index in [1.807, 2.05) is 19.2 Å². The highest BCUT2D eigenvalue weighted by molar-refractivity contribution is 14.0. The van der Waals surface area contributed by atoms with E-state index in [4.69, 9.17) is 14.5 Å². The number of aryl methyl sites for hydroxylation is 1. The van der Waals surface area contributed by atoms with E-state index in [-0.39, 0.29) is 24.0 Å². The topological polar surface area (TPSA) is 63.4 Å². The minimum absolute atomic E-state index is 0. The lowest BCUT2D eigenvalue weighted by atomic mass is 9.99. The molecule has 3 heterocycles. The molecule has 1 aliphatic rings. The number of aromatic nitrogens is 2. The molecule has 0 radical (unpaired) electrons. The maximum atomic E-state index is 5.47. The molecule has 2 aromatic heterocycles. The number of hydrogen-bond donors (Lipinski definition) is 1. The van der Waals surface area contributed by atoms with Crippen LogP contribution in [0.2, 0.25) is 0 Å². The predicted octanol–water partition coefficient (Wildman–Crippen LogP) is 3.41. The number of methoxy groups -OCH3 is 2. The van der Waals surface area contributed by atoms with Gasteiger partial charge >= 0.3 is 0 Å². The number of fused-ring (bicyclic) bond motifs is 2. The summed E-state index contributed by atoms with van der Waals surface area (Å²) >= 11 is 0. The smallest absolute Gasteiger partial charge is 0.194 e. The van der Waals surface area contributed by atoms with Gasteiger partial charge in [-0.2, -0.15) is 0 Å². The van der Waals surface area contributed by atoms with Gasteiger partial charge in [0, 0.05) is 32.0 Å². The lowest BCUT2D eigenvalue weighted by molar-refractivity contribution is 0.346. The highest BCUT2D eigenvalue weighted by Gasteiger charge is 2.21. The van der Waals surface area contributed by atoms with Crippen molar-refractivity contribution in [1.29, 1.82) is 0 Å². The van der Waals surface area contributed by atoms with Crippen LogP contribution in [0.1, 0.15) is 22.5 Å². The number of aliphatic imine (C=N–C) groups is 1. The van der Waals surface area contributed by atoms with Crippen LogP contribution < -0.4 is 14.8 Å². The number of nitrogens with one attached hydrogen (secondary N) is 1. The van der Waals surface area contributed by atoms with Crippen molar-refractivity contribution in [2.75, 3.05) is 27.8 Å². The lowest BCUT2D eigenvalue weighted by Gasteiger charge is -2.32. The molecule has 1 aromatic carbocycles. The molecular formula is C22H28IN5O2. The average Bonchev–Trinajstić information content (AvgIpc) is 3.17. The number of halogens is 1. The average molecular weight is 521 g/mol. The van der Waals surface area contributed by atoms with Gasteiger partial charge in [0.25, 0.3) is 0 Å². The summed E-state index contributed by atoms with van der Waals surface area (Å²) < 4.78 is 13.0. The molecule has 7 nitrogen and oxygen atoms in total. The van der Waals surface area contributed by atoms with Crippen LogP contribution in [0.4, 0.5) is 0 Å². The zero-order valence-corrected chi connectivity index (χ0v) is 20.1. The van der Waals surface area contributed by atoms with Crippen LogP contribution in [0.5, 0.6) is 11.5 Å². The molecule has 0 aliphatic carbocycles. The second-order valence-corrected chi connectivity index (χ2v) is 7.18. The van der Waals surface area contributed by atoms with Crippen molar-refractivity contribution in [3.05, 3.63) is 59.0 Å². The first-order valence-electron chi connectivity index (χ1n) is 9.76. The lowest BCUT2D eigenvalue weighted by Crippen LogP contribution is -2.43. The van der Waals surface area contributed by atoms with Crippen molar-refractivity contribution in [3.8, 4) is 11.5 Å². The Kier molecular flexibility index (Phi) is 7.06. The van der Waals surface area contributed by atoms with Crippen LogP contribution in [-0.2, 0) is 19.5 Å². The SMILES string of the molecule is CN=C(NCc1cn2c(C)cccc2n1)N1CCc2cc(OC)c(OC)cc2C1.I. The van der Waals surface area contributed by atoms with Crippen LogP contribution in [0.3, 0.4) is 0 Å².